The minimum Gasteiger partial charge on any atom is -0.488 e. The predicted molar refractivity (Wildman–Crippen MR) is 120 cm³/mol. The molecule has 2 aromatic carbocycles. The zero-order valence-electron chi connectivity index (χ0n) is 18.0. The lowest BCUT2D eigenvalue weighted by atomic mass is 10.0. The van der Waals surface area contributed by atoms with Crippen molar-refractivity contribution in [1.29, 1.82) is 0 Å². The Morgan fingerprint density at radius 3 is 2.76 bits per heavy atom. The lowest BCUT2D eigenvalue weighted by Crippen LogP contribution is -2.05. The first-order valence-corrected chi connectivity index (χ1v) is 10.3. The van der Waals surface area contributed by atoms with Crippen LogP contribution in [0.5, 0.6) is 5.75 Å². The van der Waals surface area contributed by atoms with Crippen LogP contribution >= 0.6 is 0 Å². The van der Waals surface area contributed by atoms with E-state index in [1.54, 1.807) is 13.3 Å². The summed E-state index contributed by atoms with van der Waals surface area (Å²) in [5.74, 6) is -0.650. The molecule has 0 radical (unpaired) electrons. The molecule has 8 heteroatoms. The first-order chi connectivity index (χ1) is 16.0. The molecule has 170 valence electrons. The summed E-state index contributed by atoms with van der Waals surface area (Å²) >= 11 is 0. The third kappa shape index (κ3) is 5.19. The van der Waals surface area contributed by atoms with Crippen molar-refractivity contribution in [3.8, 4) is 16.9 Å². The molecule has 3 N–H and O–H groups in total. The van der Waals surface area contributed by atoms with E-state index in [-0.39, 0.29) is 18.8 Å². The van der Waals surface area contributed by atoms with Gasteiger partial charge in [-0.3, -0.25) is 9.78 Å². The minimum atomic E-state index is -1.02. The van der Waals surface area contributed by atoms with Gasteiger partial charge in [0.15, 0.2) is 0 Å². The largest absolute Gasteiger partial charge is 0.488 e. The molecule has 0 aliphatic carbocycles. The first-order valence-electron chi connectivity index (χ1n) is 10.3. The van der Waals surface area contributed by atoms with Gasteiger partial charge in [-0.25, -0.2) is 4.39 Å². The summed E-state index contributed by atoms with van der Waals surface area (Å²) in [6.07, 6.45) is 1.43. The Balaban J connectivity index is 1.73. The molecule has 0 spiro atoms. The van der Waals surface area contributed by atoms with Gasteiger partial charge < -0.3 is 24.7 Å². The van der Waals surface area contributed by atoms with Crippen molar-refractivity contribution in [3.05, 3.63) is 83.1 Å². The van der Waals surface area contributed by atoms with Crippen LogP contribution in [-0.2, 0) is 35.7 Å². The molecule has 0 aliphatic rings. The van der Waals surface area contributed by atoms with Crippen molar-refractivity contribution >= 4 is 16.9 Å². The van der Waals surface area contributed by atoms with Gasteiger partial charge in [-0.15, -0.1) is 0 Å². The summed E-state index contributed by atoms with van der Waals surface area (Å²) in [6, 6.07) is 13.3. The van der Waals surface area contributed by atoms with Gasteiger partial charge in [-0.05, 0) is 47.5 Å². The maximum absolute atomic E-state index is 13.8. The number of hydrogen-bond acceptors (Lipinski definition) is 6. The number of fused-ring (bicyclic) bond motifs is 1. The van der Waals surface area contributed by atoms with Crippen molar-refractivity contribution in [2.24, 2.45) is 5.73 Å². The van der Waals surface area contributed by atoms with E-state index in [0.29, 0.717) is 30.1 Å². The molecule has 33 heavy (non-hydrogen) atoms. The molecule has 2 aromatic heterocycles. The fraction of sp³-hybridized carbons (Fsp3) is 0.200. The van der Waals surface area contributed by atoms with Crippen LogP contribution in [0.2, 0.25) is 0 Å². The number of carboxylic acid groups (broad SMARTS) is 1. The number of aliphatic carboxylic acids is 1. The smallest absolute Gasteiger partial charge is 0.307 e. The van der Waals surface area contributed by atoms with E-state index in [1.807, 2.05) is 30.3 Å². The SMILES string of the molecule is COCc1cc2cc(COc3cc(F)ccc3CC(=O)O)cc(-c3ccnc(CN)c3)c2o1. The van der Waals surface area contributed by atoms with Crippen LogP contribution in [0.15, 0.2) is 59.1 Å². The fourth-order valence-corrected chi connectivity index (χ4v) is 3.67. The van der Waals surface area contributed by atoms with Gasteiger partial charge in [0.25, 0.3) is 0 Å². The zero-order chi connectivity index (χ0) is 23.4. The summed E-state index contributed by atoms with van der Waals surface area (Å²) in [5.41, 5.74) is 10.1. The highest BCUT2D eigenvalue weighted by atomic mass is 19.1. The van der Waals surface area contributed by atoms with E-state index < -0.39 is 11.8 Å². The van der Waals surface area contributed by atoms with E-state index in [9.17, 15) is 9.18 Å². The summed E-state index contributed by atoms with van der Waals surface area (Å²) in [4.78, 5) is 15.4. The molecule has 0 aliphatic heterocycles. The average molecular weight is 450 g/mol. The maximum Gasteiger partial charge on any atom is 0.307 e. The number of carbonyl (C=O) groups is 1. The average Bonchev–Trinajstić information content (AvgIpc) is 3.21. The van der Waals surface area contributed by atoms with Gasteiger partial charge >= 0.3 is 5.97 Å². The van der Waals surface area contributed by atoms with Crippen molar-refractivity contribution in [3.63, 3.8) is 0 Å². The number of aromatic nitrogens is 1. The number of carboxylic acids is 1. The summed E-state index contributed by atoms with van der Waals surface area (Å²) in [7, 11) is 1.59. The Kier molecular flexibility index (Phi) is 6.67. The number of nitrogens with two attached hydrogens (primary N) is 1. The number of ether oxygens (including phenoxy) is 2. The first kappa shape index (κ1) is 22.4. The third-order valence-corrected chi connectivity index (χ3v) is 5.12. The van der Waals surface area contributed by atoms with Crippen LogP contribution in [0.4, 0.5) is 4.39 Å². The topological polar surface area (TPSA) is 108 Å². The Morgan fingerprint density at radius 1 is 1.15 bits per heavy atom. The van der Waals surface area contributed by atoms with E-state index >= 15 is 0 Å². The number of furan rings is 1. The Morgan fingerprint density at radius 2 is 2.00 bits per heavy atom. The molecule has 0 unspecified atom stereocenters. The molecule has 7 nitrogen and oxygen atoms in total. The van der Waals surface area contributed by atoms with Crippen LogP contribution in [0, 0.1) is 5.82 Å². The maximum atomic E-state index is 13.8. The molecule has 0 saturated carbocycles. The Bertz CT molecular complexity index is 1300. The highest BCUT2D eigenvalue weighted by molar-refractivity contribution is 5.93. The Hall–Kier alpha value is -3.75. The predicted octanol–water partition coefficient (Wildman–Crippen LogP) is 4.45. The van der Waals surface area contributed by atoms with Crippen LogP contribution in [0.1, 0.15) is 22.6 Å². The molecule has 2 heterocycles. The molecule has 4 rings (SSSR count). The second kappa shape index (κ2) is 9.81. The number of rotatable bonds is 9. The van der Waals surface area contributed by atoms with Crippen molar-refractivity contribution < 1.29 is 28.2 Å². The minimum absolute atomic E-state index is 0.110. The van der Waals surface area contributed by atoms with Crippen LogP contribution in [0.3, 0.4) is 0 Å². The summed E-state index contributed by atoms with van der Waals surface area (Å²) < 4.78 is 30.9. The lowest BCUT2D eigenvalue weighted by Gasteiger charge is -2.12. The summed E-state index contributed by atoms with van der Waals surface area (Å²) in [5, 5.41) is 9.99. The molecular weight excluding hydrogens is 427 g/mol. The van der Waals surface area contributed by atoms with Gasteiger partial charge in [-0.1, -0.05) is 6.07 Å². The number of methoxy groups -OCH3 is 1. The van der Waals surface area contributed by atoms with E-state index in [0.717, 1.165) is 27.8 Å². The molecule has 0 atom stereocenters. The van der Waals surface area contributed by atoms with Crippen molar-refractivity contribution in [2.75, 3.05) is 7.11 Å². The van der Waals surface area contributed by atoms with E-state index in [4.69, 9.17) is 24.7 Å². The third-order valence-electron chi connectivity index (χ3n) is 5.12. The molecule has 4 aromatic rings. The molecule has 0 bridgehead atoms. The summed E-state index contributed by atoms with van der Waals surface area (Å²) in [6.45, 7) is 0.740. The quantitative estimate of drug-likeness (QED) is 0.388. The van der Waals surface area contributed by atoms with Gasteiger partial charge in [0, 0.05) is 42.4 Å². The van der Waals surface area contributed by atoms with E-state index in [2.05, 4.69) is 4.98 Å². The van der Waals surface area contributed by atoms with Gasteiger partial charge in [-0.2, -0.15) is 0 Å². The zero-order valence-corrected chi connectivity index (χ0v) is 18.0. The lowest BCUT2D eigenvalue weighted by molar-refractivity contribution is -0.136. The number of pyridine rings is 1. The molecule has 0 amide bonds. The second-order valence-electron chi connectivity index (χ2n) is 7.56. The molecule has 0 saturated heterocycles. The monoisotopic (exact) mass is 450 g/mol. The number of halogens is 1. The van der Waals surface area contributed by atoms with Crippen LogP contribution in [0.25, 0.3) is 22.1 Å². The highest BCUT2D eigenvalue weighted by Gasteiger charge is 2.15. The number of benzene rings is 2. The van der Waals surface area contributed by atoms with Crippen LogP contribution < -0.4 is 10.5 Å². The number of nitrogens with zero attached hydrogens (tertiary/aromatic N) is 1. The number of hydrogen-bond donors (Lipinski definition) is 2. The fourth-order valence-electron chi connectivity index (χ4n) is 3.67. The molecule has 0 fully saturated rings. The Labute approximate surface area is 189 Å². The van der Waals surface area contributed by atoms with Gasteiger partial charge in [0.2, 0.25) is 0 Å². The second-order valence-corrected chi connectivity index (χ2v) is 7.56. The molecular formula is C25H23FN2O5. The van der Waals surface area contributed by atoms with Crippen molar-refractivity contribution in [2.45, 2.75) is 26.2 Å². The normalized spacial score (nSPS) is 11.1. The highest BCUT2D eigenvalue weighted by Crippen LogP contribution is 2.34. The standard InChI is InChI=1S/C25H23FN2O5/c1-31-14-21-9-18-6-15(13-32-23-11-19(26)3-2-17(23)10-24(29)30)7-22(25(18)33-21)16-4-5-28-20(8-16)12-27/h2-9,11H,10,12-14,27H2,1H3,(H,29,30). The van der Waals surface area contributed by atoms with E-state index in [1.165, 1.54) is 18.2 Å². The van der Waals surface area contributed by atoms with Crippen LogP contribution in [-0.4, -0.2) is 23.2 Å². The van der Waals surface area contributed by atoms with Gasteiger partial charge in [0.05, 0.1) is 12.1 Å². The van der Waals surface area contributed by atoms with Crippen molar-refractivity contribution in [1.82, 2.24) is 4.98 Å². The van der Waals surface area contributed by atoms with Gasteiger partial charge in [0.1, 0.15) is 36.1 Å².